The van der Waals surface area contributed by atoms with Gasteiger partial charge in [-0.15, -0.1) is 0 Å². The van der Waals surface area contributed by atoms with Crippen molar-refractivity contribution in [3.63, 3.8) is 0 Å². The Morgan fingerprint density at radius 3 is 2.79 bits per heavy atom. The Morgan fingerprint density at radius 2 is 2.14 bits per heavy atom. The van der Waals surface area contributed by atoms with Crippen LogP contribution in [0.3, 0.4) is 0 Å². The van der Waals surface area contributed by atoms with Crippen molar-refractivity contribution < 1.29 is 14.1 Å². The number of nitrogens with zero attached hydrogens (tertiary/aromatic N) is 3. The molecule has 0 spiro atoms. The first-order valence-corrected chi connectivity index (χ1v) is 8.78. The first-order valence-electron chi connectivity index (χ1n) is 8.78. The van der Waals surface area contributed by atoms with Gasteiger partial charge in [0, 0.05) is 18.2 Å². The van der Waals surface area contributed by atoms with E-state index >= 15 is 0 Å². The number of fused-ring (bicyclic) bond motifs is 1. The summed E-state index contributed by atoms with van der Waals surface area (Å²) in [7, 11) is 1.42. The second-order valence-corrected chi connectivity index (χ2v) is 6.54. The Kier molecular flexibility index (Phi) is 4.52. The summed E-state index contributed by atoms with van der Waals surface area (Å²) in [6.07, 6.45) is 1.66. The van der Waals surface area contributed by atoms with Gasteiger partial charge in [-0.3, -0.25) is 19.5 Å². The fraction of sp³-hybridized carbons (Fsp3) is 0.263. The lowest BCUT2D eigenvalue weighted by Gasteiger charge is -2.19. The van der Waals surface area contributed by atoms with Crippen LogP contribution < -0.4 is 15.6 Å². The number of ether oxygens (including phenoxy) is 1. The molecule has 0 unspecified atom stereocenters. The van der Waals surface area contributed by atoms with Crippen LogP contribution in [0.25, 0.3) is 16.6 Å². The molecule has 1 N–H and O–H groups in total. The molecule has 0 aliphatic carbocycles. The topological polar surface area (TPSA) is 99.3 Å². The van der Waals surface area contributed by atoms with Gasteiger partial charge in [0.1, 0.15) is 11.6 Å². The first kappa shape index (κ1) is 18.1. The average molecular weight is 384 g/mol. The van der Waals surface area contributed by atoms with Gasteiger partial charge in [-0.25, -0.2) is 9.37 Å². The predicted molar refractivity (Wildman–Crippen MR) is 100 cm³/mol. The lowest BCUT2D eigenvalue weighted by atomic mass is 10.1. The van der Waals surface area contributed by atoms with E-state index in [1.807, 2.05) is 0 Å². The molecule has 0 amide bonds. The summed E-state index contributed by atoms with van der Waals surface area (Å²) in [4.78, 5) is 28.3. The molecule has 3 aromatic rings. The number of rotatable bonds is 4. The third-order valence-corrected chi connectivity index (χ3v) is 4.86. The molecule has 1 atom stereocenters. The number of hydrogen-bond acceptors (Lipinski definition) is 6. The molecule has 28 heavy (non-hydrogen) atoms. The van der Waals surface area contributed by atoms with Gasteiger partial charge in [-0.1, -0.05) is 0 Å². The molecule has 0 saturated carbocycles. The van der Waals surface area contributed by atoms with Gasteiger partial charge in [-0.05, 0) is 37.6 Å². The minimum atomic E-state index is -0.646. The fourth-order valence-corrected chi connectivity index (χ4v) is 3.47. The molecule has 0 radical (unpaired) electrons. The van der Waals surface area contributed by atoms with Crippen LogP contribution in [0, 0.1) is 15.9 Å². The molecule has 144 valence electrons. The molecular formula is C19H17FN4O4. The molecule has 1 aliphatic rings. The van der Waals surface area contributed by atoms with E-state index in [9.17, 15) is 19.3 Å². The normalized spacial score (nSPS) is 16.4. The van der Waals surface area contributed by atoms with Gasteiger partial charge >= 0.3 is 0 Å². The first-order chi connectivity index (χ1) is 13.5. The smallest absolute Gasteiger partial charge is 0.270 e. The molecule has 1 saturated heterocycles. The molecule has 2 heterocycles. The zero-order chi connectivity index (χ0) is 19.8. The number of methoxy groups -OCH3 is 1. The van der Waals surface area contributed by atoms with Crippen molar-refractivity contribution in [2.24, 2.45) is 0 Å². The molecular weight excluding hydrogens is 367 g/mol. The standard InChI is InChI=1S/C19H17FN4O4/c1-28-12-5-7-17(14(20)10-12)23-18(16-3-2-8-21-16)22-15-6-4-11(24(26)27)9-13(15)19(23)25/h4-7,9-10,16,21H,2-3,8H2,1H3/t16-/m1/s1. The van der Waals surface area contributed by atoms with Gasteiger partial charge in [0.2, 0.25) is 0 Å². The lowest BCUT2D eigenvalue weighted by molar-refractivity contribution is -0.384. The monoisotopic (exact) mass is 384 g/mol. The van der Waals surface area contributed by atoms with Crippen molar-refractivity contribution in [1.82, 2.24) is 14.9 Å². The number of aromatic nitrogens is 2. The molecule has 9 heteroatoms. The van der Waals surface area contributed by atoms with E-state index < -0.39 is 16.3 Å². The largest absolute Gasteiger partial charge is 0.497 e. The number of benzene rings is 2. The summed E-state index contributed by atoms with van der Waals surface area (Å²) >= 11 is 0. The predicted octanol–water partition coefficient (Wildman–Crippen LogP) is 2.87. The maximum Gasteiger partial charge on any atom is 0.270 e. The third-order valence-electron chi connectivity index (χ3n) is 4.86. The Bertz CT molecular complexity index is 1140. The highest BCUT2D eigenvalue weighted by Gasteiger charge is 2.25. The van der Waals surface area contributed by atoms with Crippen molar-refractivity contribution in [3.8, 4) is 11.4 Å². The van der Waals surface area contributed by atoms with Crippen LogP contribution in [-0.4, -0.2) is 28.1 Å². The molecule has 1 fully saturated rings. The zero-order valence-corrected chi connectivity index (χ0v) is 15.0. The summed E-state index contributed by atoms with van der Waals surface area (Å²) in [5.41, 5.74) is -0.416. The van der Waals surface area contributed by atoms with Crippen LogP contribution in [0.15, 0.2) is 41.2 Å². The number of hydrogen-bond donors (Lipinski definition) is 1. The summed E-state index contributed by atoms with van der Waals surface area (Å²) in [6.45, 7) is 0.768. The maximum atomic E-state index is 14.8. The molecule has 0 bridgehead atoms. The number of halogens is 1. The summed E-state index contributed by atoms with van der Waals surface area (Å²) in [6, 6.07) is 7.89. The Hall–Kier alpha value is -3.33. The second-order valence-electron chi connectivity index (χ2n) is 6.54. The van der Waals surface area contributed by atoms with E-state index in [0.717, 1.165) is 19.4 Å². The van der Waals surface area contributed by atoms with Crippen LogP contribution in [0.1, 0.15) is 24.7 Å². The van der Waals surface area contributed by atoms with E-state index in [-0.39, 0.29) is 22.8 Å². The van der Waals surface area contributed by atoms with E-state index in [2.05, 4.69) is 10.3 Å². The summed E-state index contributed by atoms with van der Waals surface area (Å²) in [5, 5.41) is 14.4. The van der Waals surface area contributed by atoms with Gasteiger partial charge in [-0.2, -0.15) is 0 Å². The fourth-order valence-electron chi connectivity index (χ4n) is 3.47. The third kappa shape index (κ3) is 2.99. The van der Waals surface area contributed by atoms with Crippen LogP contribution in [-0.2, 0) is 0 Å². The minimum absolute atomic E-state index is 0.0235. The Labute approximate surface area is 158 Å². The van der Waals surface area contributed by atoms with Crippen LogP contribution in [0.4, 0.5) is 10.1 Å². The number of nitro groups is 1. The van der Waals surface area contributed by atoms with E-state index in [4.69, 9.17) is 4.74 Å². The molecule has 2 aromatic carbocycles. The van der Waals surface area contributed by atoms with Crippen molar-refractivity contribution in [2.75, 3.05) is 13.7 Å². The zero-order valence-electron chi connectivity index (χ0n) is 15.0. The maximum absolute atomic E-state index is 14.8. The SMILES string of the molecule is COc1ccc(-n2c([C@H]3CCCN3)nc3ccc([N+](=O)[O-])cc3c2=O)c(F)c1. The second kappa shape index (κ2) is 7.01. The van der Waals surface area contributed by atoms with E-state index in [0.29, 0.717) is 17.1 Å². The Morgan fingerprint density at radius 1 is 1.32 bits per heavy atom. The molecule has 4 rings (SSSR count). The summed E-state index contributed by atoms with van der Waals surface area (Å²) < 4.78 is 21.0. The van der Waals surface area contributed by atoms with E-state index in [1.165, 1.54) is 42.0 Å². The average Bonchev–Trinajstić information content (AvgIpc) is 3.22. The number of non-ortho nitro benzene ring substituents is 1. The quantitative estimate of drug-likeness (QED) is 0.549. The van der Waals surface area contributed by atoms with Crippen molar-refractivity contribution in [3.05, 3.63) is 68.5 Å². The summed E-state index contributed by atoms with van der Waals surface area (Å²) in [5.74, 6) is 0.0550. The Balaban J connectivity index is 2.03. The highest BCUT2D eigenvalue weighted by molar-refractivity contribution is 5.80. The van der Waals surface area contributed by atoms with Crippen molar-refractivity contribution in [2.45, 2.75) is 18.9 Å². The van der Waals surface area contributed by atoms with Crippen molar-refractivity contribution in [1.29, 1.82) is 0 Å². The molecule has 8 nitrogen and oxygen atoms in total. The minimum Gasteiger partial charge on any atom is -0.497 e. The molecule has 1 aliphatic heterocycles. The van der Waals surface area contributed by atoms with Crippen LogP contribution >= 0.6 is 0 Å². The van der Waals surface area contributed by atoms with Gasteiger partial charge in [0.15, 0.2) is 5.82 Å². The lowest BCUT2D eigenvalue weighted by Crippen LogP contribution is -2.29. The highest BCUT2D eigenvalue weighted by atomic mass is 19.1. The van der Waals surface area contributed by atoms with Crippen LogP contribution in [0.5, 0.6) is 5.75 Å². The van der Waals surface area contributed by atoms with Gasteiger partial charge in [0.05, 0.1) is 34.7 Å². The van der Waals surface area contributed by atoms with Gasteiger partial charge < -0.3 is 10.1 Å². The number of nitrogens with one attached hydrogen (secondary N) is 1. The van der Waals surface area contributed by atoms with Crippen molar-refractivity contribution >= 4 is 16.6 Å². The number of nitro benzene ring substituents is 1. The van der Waals surface area contributed by atoms with Crippen LogP contribution in [0.2, 0.25) is 0 Å². The molecule has 1 aromatic heterocycles. The highest BCUT2D eigenvalue weighted by Crippen LogP contribution is 2.27. The van der Waals surface area contributed by atoms with E-state index in [1.54, 1.807) is 6.07 Å². The van der Waals surface area contributed by atoms with Gasteiger partial charge in [0.25, 0.3) is 11.2 Å².